The zero-order chi connectivity index (χ0) is 24.7. The lowest BCUT2D eigenvalue weighted by Gasteiger charge is -2.70. The number of ether oxygens (including phenoxy) is 2. The molecule has 36 heavy (non-hydrogen) atoms. The summed E-state index contributed by atoms with van der Waals surface area (Å²) in [6.07, 6.45) is 6.87. The Morgan fingerprint density at radius 2 is 2.06 bits per heavy atom. The summed E-state index contributed by atoms with van der Waals surface area (Å²) in [5.74, 6) is 1.77. The topological polar surface area (TPSA) is 62.2 Å². The Morgan fingerprint density at radius 1 is 1.22 bits per heavy atom. The van der Waals surface area contributed by atoms with E-state index in [1.54, 1.807) is 11.3 Å². The van der Waals surface area contributed by atoms with Crippen LogP contribution >= 0.6 is 11.3 Å². The lowest BCUT2D eigenvalue weighted by atomic mass is 9.39. The van der Waals surface area contributed by atoms with Crippen molar-refractivity contribution in [1.82, 2.24) is 4.90 Å². The number of hydrogen-bond donors (Lipinski definition) is 2. The summed E-state index contributed by atoms with van der Waals surface area (Å²) >= 11 is 1.66. The first-order chi connectivity index (χ1) is 17.3. The summed E-state index contributed by atoms with van der Waals surface area (Å²) in [5, 5.41) is 25.5. The maximum absolute atomic E-state index is 12.4. The van der Waals surface area contributed by atoms with Crippen molar-refractivity contribution in [1.29, 1.82) is 0 Å². The van der Waals surface area contributed by atoms with E-state index >= 15 is 0 Å². The number of hydrogen-bond acceptors (Lipinski definition) is 6. The molecule has 8 rings (SSSR count). The smallest absolute Gasteiger partial charge is 0.165 e. The second kappa shape index (κ2) is 6.69. The van der Waals surface area contributed by atoms with Gasteiger partial charge in [-0.3, -0.25) is 4.90 Å². The maximum Gasteiger partial charge on any atom is 0.165 e. The number of benzene rings is 1. The van der Waals surface area contributed by atoms with Crippen LogP contribution < -0.4 is 4.74 Å². The number of aromatic hydroxyl groups is 1. The van der Waals surface area contributed by atoms with Gasteiger partial charge in [0.1, 0.15) is 17.3 Å². The fourth-order valence-electron chi connectivity index (χ4n) is 10.2. The molecule has 1 aromatic carbocycles. The van der Waals surface area contributed by atoms with Gasteiger partial charge >= 0.3 is 0 Å². The molecule has 192 valence electrons. The predicted octanol–water partition coefficient (Wildman–Crippen LogP) is 4.98. The second-order valence-corrected chi connectivity index (χ2v) is 13.9. The van der Waals surface area contributed by atoms with Gasteiger partial charge in [0.15, 0.2) is 11.5 Å². The van der Waals surface area contributed by atoms with Crippen LogP contribution in [0.2, 0.25) is 0 Å². The Labute approximate surface area is 217 Å². The van der Waals surface area contributed by atoms with Crippen molar-refractivity contribution in [2.45, 2.75) is 87.6 Å². The third-order valence-electron chi connectivity index (χ3n) is 11.9. The van der Waals surface area contributed by atoms with Crippen LogP contribution in [0.15, 0.2) is 29.6 Å². The summed E-state index contributed by atoms with van der Waals surface area (Å²) < 4.78 is 13.6. The van der Waals surface area contributed by atoms with E-state index < -0.39 is 16.6 Å². The molecule has 2 N–H and O–H groups in total. The van der Waals surface area contributed by atoms with Crippen LogP contribution in [0.1, 0.15) is 68.4 Å². The first kappa shape index (κ1) is 22.4. The number of aliphatic hydroxyl groups is 1. The fourth-order valence-corrected chi connectivity index (χ4v) is 11.1. The number of piperidine rings is 1. The van der Waals surface area contributed by atoms with Gasteiger partial charge < -0.3 is 19.7 Å². The van der Waals surface area contributed by atoms with Crippen molar-refractivity contribution in [2.75, 3.05) is 20.2 Å². The van der Waals surface area contributed by atoms with Crippen LogP contribution in [-0.2, 0) is 22.2 Å². The van der Waals surface area contributed by atoms with Gasteiger partial charge in [-0.15, -0.1) is 11.3 Å². The Morgan fingerprint density at radius 3 is 2.75 bits per heavy atom. The Hall–Kier alpha value is -1.60. The molecule has 6 heteroatoms. The first-order valence-corrected chi connectivity index (χ1v) is 14.8. The molecule has 1 saturated heterocycles. The molecule has 0 radical (unpaired) electrons. The molecule has 2 bridgehead atoms. The molecule has 0 amide bonds. The highest BCUT2D eigenvalue weighted by Gasteiger charge is 2.88. The second-order valence-electron chi connectivity index (χ2n) is 13.0. The van der Waals surface area contributed by atoms with Crippen molar-refractivity contribution >= 4 is 11.3 Å². The van der Waals surface area contributed by atoms with Crippen LogP contribution in [-0.4, -0.2) is 53.1 Å². The van der Waals surface area contributed by atoms with Crippen molar-refractivity contribution in [3.63, 3.8) is 0 Å². The maximum atomic E-state index is 12.4. The number of nitrogens with zero attached hydrogens (tertiary/aromatic N) is 1. The molecule has 3 heterocycles. The van der Waals surface area contributed by atoms with Crippen molar-refractivity contribution in [3.8, 4) is 11.5 Å². The molecule has 7 atom stereocenters. The average Bonchev–Trinajstić information content (AvgIpc) is 3.62. The largest absolute Gasteiger partial charge is 0.504 e. The van der Waals surface area contributed by atoms with E-state index in [0.717, 1.165) is 43.0 Å². The zero-order valence-corrected chi connectivity index (χ0v) is 22.4. The van der Waals surface area contributed by atoms with Gasteiger partial charge in [-0.2, -0.15) is 0 Å². The standard InChI is InChI=1S/C30H37NO4S/c1-4-30(34-3)25-28-11-12-31(15-18-7-8-18)21(14-19-9-10-20(32)24(35-25)23(19)28)26(28,2)16-27(30)17-29(27,33)22-6-5-13-36-22/h5-6,9-10,13,18,21,25,32-33H,4,7-8,11-12,14-17H2,1-3H3/t21-,25-,26-,27?,28+,29-,30+/m1/s1. The summed E-state index contributed by atoms with van der Waals surface area (Å²) in [6, 6.07) is 8.53. The van der Waals surface area contributed by atoms with E-state index in [0.29, 0.717) is 18.2 Å². The molecule has 4 fully saturated rings. The highest BCUT2D eigenvalue weighted by atomic mass is 32.1. The highest BCUT2D eigenvalue weighted by molar-refractivity contribution is 7.10. The van der Waals surface area contributed by atoms with Crippen LogP contribution in [0.4, 0.5) is 0 Å². The SMILES string of the molecule is CC[C@]1(OC)[C@@H]2Oc3c(O)ccc4c3[C@@]23CCN(CC2CC2)[C@H](C4)[C@@]3(C)CC12C[C@@]2(O)c1cccs1. The number of methoxy groups -OCH3 is 1. The van der Waals surface area contributed by atoms with Crippen molar-refractivity contribution in [2.24, 2.45) is 16.7 Å². The molecular formula is C30H37NO4S. The van der Waals surface area contributed by atoms with E-state index in [1.807, 2.05) is 13.2 Å². The third kappa shape index (κ3) is 2.20. The fraction of sp³-hybridized carbons (Fsp3) is 0.667. The van der Waals surface area contributed by atoms with Gasteiger partial charge in [0.25, 0.3) is 0 Å². The van der Waals surface area contributed by atoms with Crippen LogP contribution in [0.3, 0.4) is 0 Å². The summed E-state index contributed by atoms with van der Waals surface area (Å²) in [5.41, 5.74) is 0.304. The molecule has 1 aromatic heterocycles. The molecule has 2 spiro atoms. The summed E-state index contributed by atoms with van der Waals surface area (Å²) in [4.78, 5) is 3.84. The Kier molecular flexibility index (Phi) is 4.16. The van der Waals surface area contributed by atoms with E-state index in [2.05, 4.69) is 42.3 Å². The average molecular weight is 508 g/mol. The van der Waals surface area contributed by atoms with E-state index in [1.165, 1.54) is 30.5 Å². The highest BCUT2D eigenvalue weighted by Crippen LogP contribution is 2.83. The molecule has 5 nitrogen and oxygen atoms in total. The van der Waals surface area contributed by atoms with Gasteiger partial charge in [-0.1, -0.05) is 26.0 Å². The van der Waals surface area contributed by atoms with Crippen LogP contribution in [0, 0.1) is 16.7 Å². The number of rotatable bonds is 5. The minimum absolute atomic E-state index is 0.0875. The van der Waals surface area contributed by atoms with Gasteiger partial charge in [0.2, 0.25) is 0 Å². The minimum atomic E-state index is -0.909. The molecular weight excluding hydrogens is 470 g/mol. The van der Waals surface area contributed by atoms with Gasteiger partial charge in [0.05, 0.1) is 0 Å². The molecule has 6 aliphatic rings. The Bertz CT molecular complexity index is 1250. The third-order valence-corrected chi connectivity index (χ3v) is 12.9. The molecule has 2 aliphatic heterocycles. The van der Waals surface area contributed by atoms with Gasteiger partial charge in [-0.05, 0) is 85.9 Å². The monoisotopic (exact) mass is 507 g/mol. The van der Waals surface area contributed by atoms with E-state index in [-0.39, 0.29) is 22.7 Å². The summed E-state index contributed by atoms with van der Waals surface area (Å²) in [7, 11) is 1.83. The Balaban J connectivity index is 1.38. The molecule has 3 saturated carbocycles. The lowest BCUT2D eigenvalue weighted by Crippen LogP contribution is -2.78. The van der Waals surface area contributed by atoms with E-state index in [9.17, 15) is 10.2 Å². The normalized spacial score (nSPS) is 46.0. The summed E-state index contributed by atoms with van der Waals surface area (Å²) in [6.45, 7) is 6.96. The van der Waals surface area contributed by atoms with Crippen LogP contribution in [0.5, 0.6) is 11.5 Å². The van der Waals surface area contributed by atoms with Crippen LogP contribution in [0.25, 0.3) is 0 Å². The quantitative estimate of drug-likeness (QED) is 0.598. The number of likely N-dealkylation sites (tertiary alicyclic amines) is 1. The van der Waals surface area contributed by atoms with E-state index in [4.69, 9.17) is 9.47 Å². The number of phenols is 1. The van der Waals surface area contributed by atoms with Crippen molar-refractivity contribution in [3.05, 3.63) is 45.6 Å². The number of thiophene rings is 1. The minimum Gasteiger partial charge on any atom is -0.504 e. The van der Waals surface area contributed by atoms with Gasteiger partial charge in [-0.25, -0.2) is 0 Å². The predicted molar refractivity (Wildman–Crippen MR) is 139 cm³/mol. The molecule has 4 aliphatic carbocycles. The first-order valence-electron chi connectivity index (χ1n) is 13.9. The zero-order valence-electron chi connectivity index (χ0n) is 21.5. The number of phenolic OH excluding ortho intramolecular Hbond substituents is 1. The molecule has 2 aromatic rings. The van der Waals surface area contributed by atoms with Gasteiger partial charge in [0, 0.05) is 41.0 Å². The lowest BCUT2D eigenvalue weighted by molar-refractivity contribution is -0.255. The molecule has 1 unspecified atom stereocenters. The van der Waals surface area contributed by atoms with Crippen molar-refractivity contribution < 1.29 is 19.7 Å².